The number of benzene rings is 1. The average molecular weight is 264 g/mol. The van der Waals surface area contributed by atoms with Crippen LogP contribution in [-0.4, -0.2) is 32.2 Å². The van der Waals surface area contributed by atoms with Crippen LogP contribution in [0.2, 0.25) is 0 Å². The molecule has 2 fully saturated rings. The minimum atomic E-state index is -1.06. The fourth-order valence-electron chi connectivity index (χ4n) is 3.64. The fourth-order valence-corrected chi connectivity index (χ4v) is 11.6. The van der Waals surface area contributed by atoms with Crippen molar-refractivity contribution in [2.45, 2.75) is 25.7 Å². The summed E-state index contributed by atoms with van der Waals surface area (Å²) in [5.74, 6) is 0. The summed E-state index contributed by atoms with van der Waals surface area (Å²) in [5, 5.41) is 3.67. The third-order valence-electron chi connectivity index (χ3n) is 4.71. The zero-order chi connectivity index (χ0) is 11.7. The van der Waals surface area contributed by atoms with Crippen LogP contribution in [0.3, 0.4) is 0 Å². The molecule has 0 saturated carbocycles. The molecule has 2 aliphatic heterocycles. The zero-order valence-corrected chi connectivity index (χ0v) is 12.8. The Bertz CT molecular complexity index is 393. The van der Waals surface area contributed by atoms with Gasteiger partial charge in [-0.05, 0) is 0 Å². The summed E-state index contributed by atoms with van der Waals surface area (Å²) in [6, 6.07) is 9.55. The Hall–Kier alpha value is 0.145. The molecule has 17 heavy (non-hydrogen) atoms. The van der Waals surface area contributed by atoms with E-state index in [1.54, 1.807) is 12.3 Å². The monoisotopic (exact) mass is 264 g/mol. The van der Waals surface area contributed by atoms with Crippen LogP contribution in [0.15, 0.2) is 24.3 Å². The fraction of sp³-hybridized carbons (Fsp3) is 0.571. The molecule has 0 aliphatic carbocycles. The second kappa shape index (κ2) is 5.03. The van der Waals surface area contributed by atoms with Crippen molar-refractivity contribution >= 4 is 33.2 Å². The van der Waals surface area contributed by atoms with Crippen molar-refractivity contribution in [3.05, 3.63) is 24.3 Å². The van der Waals surface area contributed by atoms with Crippen molar-refractivity contribution in [3.8, 4) is 0 Å². The van der Waals surface area contributed by atoms with Crippen LogP contribution in [0.25, 0.3) is 0 Å². The molecule has 2 heterocycles. The van der Waals surface area contributed by atoms with E-state index in [1.165, 1.54) is 38.0 Å². The summed E-state index contributed by atoms with van der Waals surface area (Å²) in [7, 11) is 1.81. The van der Waals surface area contributed by atoms with Gasteiger partial charge in [-0.15, -0.1) is 0 Å². The quantitative estimate of drug-likeness (QED) is 0.568. The van der Waals surface area contributed by atoms with Gasteiger partial charge in [0.1, 0.15) is 0 Å². The first-order chi connectivity index (χ1) is 8.30. The van der Waals surface area contributed by atoms with Gasteiger partial charge in [-0.2, -0.15) is 0 Å². The molecule has 0 radical (unpaired) electrons. The molecular weight excluding hydrogens is 241 g/mol. The van der Waals surface area contributed by atoms with Gasteiger partial charge in [0.15, 0.2) is 0 Å². The molecule has 3 heteroatoms. The maximum atomic E-state index is 2.64. The molecule has 0 nitrogen and oxygen atoms in total. The van der Waals surface area contributed by atoms with E-state index >= 15 is 0 Å². The standard InChI is InChI=1S/C14H23BP2/c15-17(11-5-6-12-17)14-8-2-1-7-13(14)16-9-3-4-10-16/h1-2,7-8,17H,3-6,9-12,15H2. The predicted octanol–water partition coefficient (Wildman–Crippen LogP) is 2.30. The summed E-state index contributed by atoms with van der Waals surface area (Å²) in [6.07, 6.45) is 12.1. The first-order valence-electron chi connectivity index (χ1n) is 7.14. The molecule has 0 spiro atoms. The maximum absolute atomic E-state index is 2.64. The Balaban J connectivity index is 1.97. The summed E-state index contributed by atoms with van der Waals surface area (Å²) < 4.78 is 0. The second-order valence-corrected chi connectivity index (χ2v) is 13.1. The summed E-state index contributed by atoms with van der Waals surface area (Å²) >= 11 is 0. The first kappa shape index (κ1) is 12.2. The van der Waals surface area contributed by atoms with E-state index in [1.807, 2.05) is 10.6 Å². The van der Waals surface area contributed by atoms with E-state index in [9.17, 15) is 0 Å². The Labute approximate surface area is 108 Å². The van der Waals surface area contributed by atoms with Gasteiger partial charge < -0.3 is 0 Å². The molecule has 3 rings (SSSR count). The number of rotatable bonds is 2. The Morgan fingerprint density at radius 1 is 0.941 bits per heavy atom. The van der Waals surface area contributed by atoms with E-state index in [-0.39, 0.29) is 7.92 Å². The van der Waals surface area contributed by atoms with Crippen molar-refractivity contribution in [2.24, 2.45) is 0 Å². The minimum absolute atomic E-state index is 0.226. The average Bonchev–Trinajstić information content (AvgIpc) is 3.00. The molecule has 0 N–H and O–H groups in total. The summed E-state index contributed by atoms with van der Waals surface area (Å²) in [6.45, 7) is 0. The first-order valence-corrected chi connectivity index (χ1v) is 11.8. The van der Waals surface area contributed by atoms with Gasteiger partial charge in [-0.3, -0.25) is 0 Å². The molecule has 0 aromatic heterocycles. The van der Waals surface area contributed by atoms with E-state index in [4.69, 9.17) is 0 Å². The Kier molecular flexibility index (Phi) is 3.60. The Morgan fingerprint density at radius 3 is 2.29 bits per heavy atom. The van der Waals surface area contributed by atoms with Crippen LogP contribution in [0, 0.1) is 0 Å². The van der Waals surface area contributed by atoms with Crippen molar-refractivity contribution in [3.63, 3.8) is 0 Å². The van der Waals surface area contributed by atoms with Gasteiger partial charge in [0.05, 0.1) is 0 Å². The van der Waals surface area contributed by atoms with Crippen molar-refractivity contribution in [1.29, 1.82) is 0 Å². The van der Waals surface area contributed by atoms with Gasteiger partial charge in [0.2, 0.25) is 0 Å². The van der Waals surface area contributed by atoms with Gasteiger partial charge >= 0.3 is 108 Å². The van der Waals surface area contributed by atoms with Crippen LogP contribution in [0.1, 0.15) is 25.7 Å². The normalized spacial score (nSPS) is 26.1. The van der Waals surface area contributed by atoms with Crippen molar-refractivity contribution < 1.29 is 0 Å². The molecule has 1 aromatic carbocycles. The molecule has 0 amide bonds. The van der Waals surface area contributed by atoms with E-state index in [0.717, 1.165) is 0 Å². The molecule has 2 saturated heterocycles. The summed E-state index contributed by atoms with van der Waals surface area (Å²) in [5.41, 5.74) is 0. The molecule has 0 unspecified atom stereocenters. The van der Waals surface area contributed by atoms with Crippen LogP contribution in [-0.2, 0) is 0 Å². The predicted molar refractivity (Wildman–Crippen MR) is 87.4 cm³/mol. The second-order valence-electron chi connectivity index (χ2n) is 5.98. The zero-order valence-electron chi connectivity index (χ0n) is 10.9. The van der Waals surface area contributed by atoms with Gasteiger partial charge in [0.25, 0.3) is 0 Å². The van der Waals surface area contributed by atoms with Crippen LogP contribution in [0.4, 0.5) is 0 Å². The topological polar surface area (TPSA) is 0 Å². The molecule has 1 aromatic rings. The number of hydrogen-bond donors (Lipinski definition) is 0. The van der Waals surface area contributed by atoms with Crippen LogP contribution in [0.5, 0.6) is 0 Å². The molecule has 0 atom stereocenters. The van der Waals surface area contributed by atoms with Gasteiger partial charge in [-0.25, -0.2) is 0 Å². The molecule has 92 valence electrons. The van der Waals surface area contributed by atoms with Gasteiger partial charge in [-0.1, -0.05) is 0 Å². The molecular formula is C14H23BP2. The van der Waals surface area contributed by atoms with E-state index in [2.05, 4.69) is 31.8 Å². The molecule has 0 bridgehead atoms. The van der Waals surface area contributed by atoms with Crippen LogP contribution < -0.4 is 10.6 Å². The van der Waals surface area contributed by atoms with E-state index in [0.29, 0.717) is 0 Å². The van der Waals surface area contributed by atoms with E-state index < -0.39 is 7.14 Å². The SMILES string of the molecule is B[PH]1(c2ccccc2P2CCCC2)CCCC1. The number of hydrogen-bond acceptors (Lipinski definition) is 0. The summed E-state index contributed by atoms with van der Waals surface area (Å²) in [4.78, 5) is 0. The Morgan fingerprint density at radius 2 is 1.59 bits per heavy atom. The van der Waals surface area contributed by atoms with Crippen molar-refractivity contribution in [2.75, 3.05) is 24.6 Å². The third-order valence-corrected chi connectivity index (χ3v) is 12.4. The third kappa shape index (κ3) is 2.34. The molecule has 2 aliphatic rings. The van der Waals surface area contributed by atoms with Crippen LogP contribution >= 0.6 is 15.1 Å². The van der Waals surface area contributed by atoms with Crippen molar-refractivity contribution in [1.82, 2.24) is 0 Å². The van der Waals surface area contributed by atoms with Gasteiger partial charge in [0, 0.05) is 0 Å².